The van der Waals surface area contributed by atoms with E-state index < -0.39 is 0 Å². The summed E-state index contributed by atoms with van der Waals surface area (Å²) < 4.78 is 7.61. The molecule has 0 aliphatic carbocycles. The Bertz CT molecular complexity index is 1330. The molecule has 0 radical (unpaired) electrons. The molecule has 9 heteroatoms. The standard InChI is InChI=1S/C20H13N5O2S2/c26-19-17-14(9-11-28-17)22-20(25(19)13-6-2-1-3-7-13)29-12-16-23-18(24-27-16)15-8-4-5-10-21-15/h1-11H,12H2. The lowest BCUT2D eigenvalue weighted by Gasteiger charge is -2.11. The number of thiophene rings is 1. The first-order chi connectivity index (χ1) is 14.3. The first-order valence-corrected chi connectivity index (χ1v) is 10.6. The second kappa shape index (κ2) is 7.61. The van der Waals surface area contributed by atoms with Gasteiger partial charge >= 0.3 is 0 Å². The summed E-state index contributed by atoms with van der Waals surface area (Å²) in [4.78, 5) is 26.4. The third kappa shape index (κ3) is 3.45. The van der Waals surface area contributed by atoms with Crippen molar-refractivity contribution in [3.8, 4) is 17.2 Å². The fourth-order valence-electron chi connectivity index (χ4n) is 2.83. The lowest BCUT2D eigenvalue weighted by Crippen LogP contribution is -2.20. The van der Waals surface area contributed by atoms with Crippen LogP contribution in [0.15, 0.2) is 80.6 Å². The number of aromatic nitrogens is 5. The van der Waals surface area contributed by atoms with Gasteiger partial charge in [0.15, 0.2) is 5.16 Å². The highest BCUT2D eigenvalue weighted by atomic mass is 32.2. The maximum atomic E-state index is 13.1. The number of rotatable bonds is 5. The minimum Gasteiger partial charge on any atom is -0.338 e. The van der Waals surface area contributed by atoms with E-state index in [0.717, 1.165) is 5.69 Å². The third-order valence-electron chi connectivity index (χ3n) is 4.15. The van der Waals surface area contributed by atoms with Crippen LogP contribution in [-0.2, 0) is 5.75 Å². The number of pyridine rings is 1. The van der Waals surface area contributed by atoms with Crippen LogP contribution in [0.25, 0.3) is 27.4 Å². The van der Waals surface area contributed by atoms with Crippen LogP contribution in [0.3, 0.4) is 0 Å². The predicted molar refractivity (Wildman–Crippen MR) is 112 cm³/mol. The number of hydrogen-bond acceptors (Lipinski definition) is 8. The normalized spacial score (nSPS) is 11.2. The molecule has 0 spiro atoms. The number of hydrogen-bond donors (Lipinski definition) is 0. The molecule has 0 bridgehead atoms. The van der Waals surface area contributed by atoms with Gasteiger partial charge in [-0.3, -0.25) is 14.3 Å². The van der Waals surface area contributed by atoms with Gasteiger partial charge in [0.05, 0.1) is 17.0 Å². The molecular formula is C20H13N5O2S2. The maximum absolute atomic E-state index is 13.1. The van der Waals surface area contributed by atoms with Gasteiger partial charge in [-0.25, -0.2) is 4.98 Å². The topological polar surface area (TPSA) is 86.7 Å². The first-order valence-electron chi connectivity index (χ1n) is 8.72. The summed E-state index contributed by atoms with van der Waals surface area (Å²) in [7, 11) is 0. The third-order valence-corrected chi connectivity index (χ3v) is 5.97. The number of fused-ring (bicyclic) bond motifs is 1. The highest BCUT2D eigenvalue weighted by Gasteiger charge is 2.16. The number of thioether (sulfide) groups is 1. The van der Waals surface area contributed by atoms with Gasteiger partial charge in [-0.15, -0.1) is 11.3 Å². The van der Waals surface area contributed by atoms with E-state index in [1.54, 1.807) is 10.8 Å². The van der Waals surface area contributed by atoms with E-state index >= 15 is 0 Å². The fourth-order valence-corrected chi connectivity index (χ4v) is 4.44. The quantitative estimate of drug-likeness (QED) is 0.312. The maximum Gasteiger partial charge on any atom is 0.276 e. The summed E-state index contributed by atoms with van der Waals surface area (Å²) in [6.45, 7) is 0. The molecule has 0 N–H and O–H groups in total. The SMILES string of the molecule is O=c1c2sccc2nc(SCc2nc(-c3ccccn3)no2)n1-c1ccccc1. The van der Waals surface area contributed by atoms with Crippen molar-refractivity contribution >= 4 is 33.3 Å². The molecule has 0 aliphatic heterocycles. The summed E-state index contributed by atoms with van der Waals surface area (Å²) in [5.74, 6) is 1.26. The van der Waals surface area contributed by atoms with Gasteiger partial charge in [-0.2, -0.15) is 4.98 Å². The molecular weight excluding hydrogens is 406 g/mol. The van der Waals surface area contributed by atoms with E-state index in [1.165, 1.54) is 23.1 Å². The zero-order valence-corrected chi connectivity index (χ0v) is 16.6. The average molecular weight is 419 g/mol. The minimum atomic E-state index is -0.0848. The Morgan fingerprint density at radius 3 is 2.72 bits per heavy atom. The van der Waals surface area contributed by atoms with E-state index in [-0.39, 0.29) is 5.56 Å². The number of nitrogens with zero attached hydrogens (tertiary/aromatic N) is 5. The summed E-state index contributed by atoms with van der Waals surface area (Å²) in [6, 6.07) is 16.8. The lowest BCUT2D eigenvalue weighted by molar-refractivity contribution is 0.391. The van der Waals surface area contributed by atoms with Gasteiger partial charge in [0, 0.05) is 6.20 Å². The Morgan fingerprint density at radius 1 is 1.03 bits per heavy atom. The summed E-state index contributed by atoms with van der Waals surface area (Å²) in [5, 5.41) is 6.44. The van der Waals surface area contributed by atoms with Crippen LogP contribution in [0.5, 0.6) is 0 Å². The fraction of sp³-hybridized carbons (Fsp3) is 0.0500. The predicted octanol–water partition coefficient (Wildman–Crippen LogP) is 4.18. The molecule has 0 fully saturated rings. The molecule has 0 atom stereocenters. The van der Waals surface area contributed by atoms with Crippen LogP contribution in [0.2, 0.25) is 0 Å². The molecule has 7 nitrogen and oxygen atoms in total. The Kier molecular flexibility index (Phi) is 4.66. The van der Waals surface area contributed by atoms with Crippen LogP contribution >= 0.6 is 23.1 Å². The summed E-state index contributed by atoms with van der Waals surface area (Å²) >= 11 is 2.77. The Labute approximate surface area is 173 Å². The summed E-state index contributed by atoms with van der Waals surface area (Å²) in [6.07, 6.45) is 1.68. The smallest absolute Gasteiger partial charge is 0.276 e. The van der Waals surface area contributed by atoms with Crippen molar-refractivity contribution in [3.63, 3.8) is 0 Å². The molecule has 0 saturated heterocycles. The number of benzene rings is 1. The Hall–Kier alpha value is -3.30. The molecule has 5 rings (SSSR count). The Morgan fingerprint density at radius 2 is 1.90 bits per heavy atom. The zero-order valence-electron chi connectivity index (χ0n) is 14.9. The highest BCUT2D eigenvalue weighted by Crippen LogP contribution is 2.26. The van der Waals surface area contributed by atoms with Gasteiger partial charge in [-0.05, 0) is 35.7 Å². The van der Waals surface area contributed by atoms with Crippen LogP contribution < -0.4 is 5.56 Å². The zero-order chi connectivity index (χ0) is 19.6. The molecule has 4 aromatic heterocycles. The van der Waals surface area contributed by atoms with Crippen molar-refractivity contribution in [2.24, 2.45) is 0 Å². The van der Waals surface area contributed by atoms with Crippen molar-refractivity contribution in [2.45, 2.75) is 10.9 Å². The van der Waals surface area contributed by atoms with E-state index in [4.69, 9.17) is 4.52 Å². The van der Waals surface area contributed by atoms with Crippen molar-refractivity contribution in [1.82, 2.24) is 24.7 Å². The van der Waals surface area contributed by atoms with Crippen molar-refractivity contribution in [3.05, 3.63) is 82.4 Å². The largest absolute Gasteiger partial charge is 0.338 e. The molecule has 0 aliphatic rings. The molecule has 0 amide bonds. The average Bonchev–Trinajstić information content (AvgIpc) is 3.43. The second-order valence-corrected chi connectivity index (χ2v) is 7.88. The number of para-hydroxylation sites is 1. The van der Waals surface area contributed by atoms with Crippen LogP contribution in [0.1, 0.15) is 5.89 Å². The van der Waals surface area contributed by atoms with Gasteiger partial charge in [0.1, 0.15) is 10.4 Å². The minimum absolute atomic E-state index is 0.0848. The van der Waals surface area contributed by atoms with E-state index in [9.17, 15) is 4.79 Å². The van der Waals surface area contributed by atoms with Crippen molar-refractivity contribution < 1.29 is 4.52 Å². The van der Waals surface area contributed by atoms with Gasteiger partial charge in [0.25, 0.3) is 5.56 Å². The Balaban J connectivity index is 1.49. The van der Waals surface area contributed by atoms with E-state index in [0.29, 0.717) is 38.5 Å². The van der Waals surface area contributed by atoms with Crippen molar-refractivity contribution in [2.75, 3.05) is 0 Å². The van der Waals surface area contributed by atoms with Crippen LogP contribution in [0.4, 0.5) is 0 Å². The van der Waals surface area contributed by atoms with Crippen LogP contribution in [-0.4, -0.2) is 24.7 Å². The first kappa shape index (κ1) is 17.8. The molecule has 0 saturated carbocycles. The van der Waals surface area contributed by atoms with Gasteiger partial charge in [-0.1, -0.05) is 41.2 Å². The molecule has 0 unspecified atom stereocenters. The van der Waals surface area contributed by atoms with Gasteiger partial charge in [0.2, 0.25) is 11.7 Å². The van der Waals surface area contributed by atoms with E-state index in [2.05, 4.69) is 20.1 Å². The molecule has 29 heavy (non-hydrogen) atoms. The van der Waals surface area contributed by atoms with Crippen molar-refractivity contribution in [1.29, 1.82) is 0 Å². The van der Waals surface area contributed by atoms with E-state index in [1.807, 2.05) is 60.0 Å². The molecule has 5 aromatic rings. The lowest BCUT2D eigenvalue weighted by atomic mass is 10.3. The molecule has 1 aromatic carbocycles. The molecule has 4 heterocycles. The molecule has 142 valence electrons. The monoisotopic (exact) mass is 419 g/mol. The highest BCUT2D eigenvalue weighted by molar-refractivity contribution is 7.98. The van der Waals surface area contributed by atoms with Crippen LogP contribution in [0, 0.1) is 0 Å². The van der Waals surface area contributed by atoms with Gasteiger partial charge < -0.3 is 4.52 Å². The summed E-state index contributed by atoms with van der Waals surface area (Å²) in [5.41, 5.74) is 2.02. The second-order valence-electron chi connectivity index (χ2n) is 6.02.